The van der Waals surface area contributed by atoms with Crippen molar-refractivity contribution in [3.63, 3.8) is 0 Å². The van der Waals surface area contributed by atoms with Gasteiger partial charge in [-0.15, -0.1) is 0 Å². The van der Waals surface area contributed by atoms with E-state index in [1.165, 1.54) is 36.2 Å². The van der Waals surface area contributed by atoms with E-state index in [9.17, 15) is 54.0 Å². The van der Waals surface area contributed by atoms with Gasteiger partial charge in [0.1, 0.15) is 53.5 Å². The van der Waals surface area contributed by atoms with Gasteiger partial charge in [-0.05, 0) is 129 Å². The SMILES string of the molecule is CCC(C)C(NC(=O)NC1CCCCNC(=O)C(CCc2ccc(O)cc2)NC(=O)C(CCCCc2ccc(O)cc2)N(C)C(=O)C(CCc2ccc(O)cc2)NC(=O)C(C(C)C)NC1=O)C(=O)O. The highest BCUT2D eigenvalue weighted by atomic mass is 16.4. The van der Waals surface area contributed by atoms with E-state index >= 15 is 0 Å². The van der Waals surface area contributed by atoms with Gasteiger partial charge in [0, 0.05) is 13.6 Å². The first-order valence-corrected chi connectivity index (χ1v) is 24.0. The fraction of sp³-hybridized carbons (Fsp3) is 0.510. The number of phenolic OH excluding ortho intramolecular Hbond substituents is 3. The zero-order valence-corrected chi connectivity index (χ0v) is 40.3. The van der Waals surface area contributed by atoms with E-state index < -0.39 is 89.6 Å². The molecule has 0 aromatic heterocycles. The molecule has 3 aromatic rings. The average Bonchev–Trinajstić information content (AvgIpc) is 3.32. The maximum atomic E-state index is 14.8. The molecular weight excluding hydrogens is 887 g/mol. The van der Waals surface area contributed by atoms with E-state index in [1.54, 1.807) is 76.2 Å². The van der Waals surface area contributed by atoms with Gasteiger partial charge in [0.05, 0.1) is 0 Å². The summed E-state index contributed by atoms with van der Waals surface area (Å²) in [4.78, 5) is 98.5. The van der Waals surface area contributed by atoms with Crippen molar-refractivity contribution in [2.24, 2.45) is 11.8 Å². The van der Waals surface area contributed by atoms with Crippen LogP contribution in [0, 0.1) is 11.8 Å². The molecule has 376 valence electrons. The van der Waals surface area contributed by atoms with Crippen LogP contribution in [-0.2, 0) is 48.0 Å². The number of unbranched alkanes of at least 4 members (excludes halogenated alkanes) is 1. The first kappa shape index (κ1) is 54.8. The monoisotopic (exact) mass is 958 g/mol. The topological polar surface area (TPSA) is 276 Å². The number of nitrogens with zero attached hydrogens (tertiary/aromatic N) is 1. The fourth-order valence-electron chi connectivity index (χ4n) is 8.12. The lowest BCUT2D eigenvalue weighted by Gasteiger charge is -2.33. The van der Waals surface area contributed by atoms with E-state index in [1.807, 2.05) is 0 Å². The predicted octanol–water partition coefficient (Wildman–Crippen LogP) is 4.19. The first-order valence-electron chi connectivity index (χ1n) is 24.0. The molecule has 0 radical (unpaired) electrons. The number of amides is 7. The van der Waals surface area contributed by atoms with Crippen LogP contribution in [0.2, 0.25) is 0 Å². The second-order valence-corrected chi connectivity index (χ2v) is 18.3. The van der Waals surface area contributed by atoms with Crippen LogP contribution >= 0.6 is 0 Å². The molecule has 1 aliphatic rings. The number of aliphatic carboxylic acids is 1. The van der Waals surface area contributed by atoms with Gasteiger partial charge < -0.3 is 57.2 Å². The normalized spacial score (nSPS) is 21.0. The molecule has 69 heavy (non-hydrogen) atoms. The number of hydrogen-bond donors (Lipinski definition) is 10. The minimum Gasteiger partial charge on any atom is -0.508 e. The second kappa shape index (κ2) is 27.2. The number of aryl methyl sites for hydroxylation is 3. The summed E-state index contributed by atoms with van der Waals surface area (Å²) in [5.74, 6) is -5.05. The van der Waals surface area contributed by atoms with E-state index in [4.69, 9.17) is 0 Å². The fourth-order valence-corrected chi connectivity index (χ4v) is 8.12. The van der Waals surface area contributed by atoms with Crippen LogP contribution in [-0.4, -0.2) is 117 Å². The van der Waals surface area contributed by atoms with Crippen molar-refractivity contribution >= 4 is 41.5 Å². The van der Waals surface area contributed by atoms with E-state index in [-0.39, 0.29) is 55.9 Å². The van der Waals surface area contributed by atoms with Crippen molar-refractivity contribution in [3.05, 3.63) is 89.5 Å². The van der Waals surface area contributed by atoms with E-state index in [0.29, 0.717) is 44.9 Å². The summed E-state index contributed by atoms with van der Waals surface area (Å²) in [5, 5.41) is 55.8. The smallest absolute Gasteiger partial charge is 0.326 e. The van der Waals surface area contributed by atoms with Gasteiger partial charge in [0.2, 0.25) is 29.5 Å². The van der Waals surface area contributed by atoms with Gasteiger partial charge in [-0.2, -0.15) is 0 Å². The summed E-state index contributed by atoms with van der Waals surface area (Å²) in [6, 6.07) is 11.7. The van der Waals surface area contributed by atoms with Crippen LogP contribution in [0.4, 0.5) is 4.79 Å². The lowest BCUT2D eigenvalue weighted by atomic mass is 9.98. The van der Waals surface area contributed by atoms with Crippen molar-refractivity contribution in [1.29, 1.82) is 0 Å². The van der Waals surface area contributed by atoms with Crippen LogP contribution < -0.4 is 31.9 Å². The molecule has 1 aliphatic heterocycles. The molecule has 1 fully saturated rings. The third-order valence-corrected chi connectivity index (χ3v) is 12.7. The molecule has 4 rings (SSSR count). The summed E-state index contributed by atoms with van der Waals surface area (Å²) < 4.78 is 0. The van der Waals surface area contributed by atoms with Crippen LogP contribution in [0.5, 0.6) is 17.2 Å². The van der Waals surface area contributed by atoms with Crippen molar-refractivity contribution < 1.29 is 54.0 Å². The molecule has 7 amide bonds. The molecule has 1 heterocycles. The Bertz CT molecular complexity index is 2170. The molecule has 0 bridgehead atoms. The summed E-state index contributed by atoms with van der Waals surface area (Å²) in [5.41, 5.74) is 2.52. The molecule has 7 unspecified atom stereocenters. The Kier molecular flexibility index (Phi) is 21.6. The van der Waals surface area contributed by atoms with Crippen molar-refractivity contribution in [2.45, 2.75) is 141 Å². The quantitative estimate of drug-likeness (QED) is 0.0857. The number of carbonyl (C=O) groups is 7. The number of hydrogen-bond acceptors (Lipinski definition) is 10. The van der Waals surface area contributed by atoms with Crippen molar-refractivity contribution in [2.75, 3.05) is 13.6 Å². The molecule has 0 spiro atoms. The lowest BCUT2D eigenvalue weighted by Crippen LogP contribution is -2.60. The molecule has 7 atom stereocenters. The summed E-state index contributed by atoms with van der Waals surface area (Å²) in [6.07, 6.45) is 3.85. The van der Waals surface area contributed by atoms with Crippen LogP contribution in [0.25, 0.3) is 0 Å². The molecule has 18 heteroatoms. The molecule has 10 N–H and O–H groups in total. The Morgan fingerprint density at radius 1 is 0.667 bits per heavy atom. The Balaban J connectivity index is 1.71. The van der Waals surface area contributed by atoms with Crippen LogP contribution in [0.1, 0.15) is 102 Å². The Morgan fingerprint density at radius 3 is 1.71 bits per heavy atom. The minimum atomic E-state index is -1.24. The molecule has 1 saturated heterocycles. The summed E-state index contributed by atoms with van der Waals surface area (Å²) >= 11 is 0. The van der Waals surface area contributed by atoms with Gasteiger partial charge in [-0.25, -0.2) is 9.59 Å². The van der Waals surface area contributed by atoms with Crippen LogP contribution in [0.15, 0.2) is 72.8 Å². The predicted molar refractivity (Wildman–Crippen MR) is 259 cm³/mol. The molecular formula is C51H71N7O11. The zero-order chi connectivity index (χ0) is 50.6. The highest BCUT2D eigenvalue weighted by molar-refractivity contribution is 5.96. The van der Waals surface area contributed by atoms with E-state index in [0.717, 1.165) is 16.7 Å². The third kappa shape index (κ3) is 17.6. The Labute approximate surface area is 404 Å². The number of likely N-dealkylation sites (N-methyl/N-ethyl adjacent to an activating group) is 1. The number of rotatable bonds is 17. The summed E-state index contributed by atoms with van der Waals surface area (Å²) in [7, 11) is 1.47. The number of carboxylic acid groups (broad SMARTS) is 1. The highest BCUT2D eigenvalue weighted by Crippen LogP contribution is 2.20. The van der Waals surface area contributed by atoms with Gasteiger partial charge >= 0.3 is 12.0 Å². The number of nitrogens with one attached hydrogen (secondary N) is 6. The maximum absolute atomic E-state index is 14.8. The van der Waals surface area contributed by atoms with Crippen LogP contribution in [0.3, 0.4) is 0 Å². The second-order valence-electron chi connectivity index (χ2n) is 18.3. The largest absolute Gasteiger partial charge is 0.508 e. The maximum Gasteiger partial charge on any atom is 0.326 e. The van der Waals surface area contributed by atoms with E-state index in [2.05, 4.69) is 31.9 Å². The first-order chi connectivity index (χ1) is 32.9. The van der Waals surface area contributed by atoms with Gasteiger partial charge in [-0.3, -0.25) is 24.0 Å². The highest BCUT2D eigenvalue weighted by Gasteiger charge is 2.37. The number of urea groups is 1. The summed E-state index contributed by atoms with van der Waals surface area (Å²) in [6.45, 7) is 7.00. The zero-order valence-electron chi connectivity index (χ0n) is 40.3. The number of carboxylic acids is 1. The number of phenols is 3. The van der Waals surface area contributed by atoms with Gasteiger partial charge in [0.15, 0.2) is 0 Å². The number of benzene rings is 3. The van der Waals surface area contributed by atoms with Crippen molar-refractivity contribution in [1.82, 2.24) is 36.8 Å². The number of carbonyl (C=O) groups excluding carboxylic acids is 6. The molecule has 0 saturated carbocycles. The molecule has 3 aromatic carbocycles. The molecule has 18 nitrogen and oxygen atoms in total. The number of aromatic hydroxyl groups is 3. The standard InChI is InChI=1S/C51H71N7O11/c1-6-32(4)44(50(67)68)57-51(69)55-39-12-9-10-30-52-45(62)40(28-20-34-16-24-37(60)25-17-34)53-47(64)42(13-8-7-11-33-14-22-36(59)23-15-33)58(5)49(66)41(29-21-35-18-26-38(61)27-19-35)54-48(65)43(31(2)3)56-46(39)63/h14-19,22-27,31-32,39-44,59-61H,6-13,20-21,28-30H2,1-5H3,(H,52,62)(H,53,64)(H,54,65)(H,56,63)(H,67,68)(H2,55,57,69). The third-order valence-electron chi connectivity index (χ3n) is 12.7. The minimum absolute atomic E-state index is 0.0383. The van der Waals surface area contributed by atoms with Gasteiger partial charge in [-0.1, -0.05) is 76.9 Å². The Morgan fingerprint density at radius 2 is 1.19 bits per heavy atom. The average molecular weight is 958 g/mol. The lowest BCUT2D eigenvalue weighted by molar-refractivity contribution is -0.143. The van der Waals surface area contributed by atoms with Crippen molar-refractivity contribution in [3.8, 4) is 17.2 Å². The molecule has 0 aliphatic carbocycles. The Hall–Kier alpha value is -6.85. The van der Waals surface area contributed by atoms with Gasteiger partial charge in [0.25, 0.3) is 0 Å².